The Morgan fingerprint density at radius 2 is 2.29 bits per heavy atom. The van der Waals surface area contributed by atoms with Gasteiger partial charge < -0.3 is 10.0 Å². The van der Waals surface area contributed by atoms with E-state index in [0.717, 1.165) is 17.0 Å². The van der Waals surface area contributed by atoms with Crippen molar-refractivity contribution in [1.82, 2.24) is 4.98 Å². The lowest BCUT2D eigenvalue weighted by molar-refractivity contribution is -0.136. The fourth-order valence-electron chi connectivity index (χ4n) is 1.52. The van der Waals surface area contributed by atoms with Gasteiger partial charge in [-0.1, -0.05) is 12.2 Å². The van der Waals surface area contributed by atoms with E-state index in [1.54, 1.807) is 6.20 Å². The van der Waals surface area contributed by atoms with Crippen LogP contribution in [-0.2, 0) is 4.79 Å². The first kappa shape index (κ1) is 13.2. The van der Waals surface area contributed by atoms with Crippen LogP contribution in [-0.4, -0.2) is 29.1 Å². The molecule has 0 aromatic carbocycles. The normalized spacial score (nSPS) is 10.0. The quantitative estimate of drug-likeness (QED) is 0.767. The number of aromatic nitrogens is 1. The Labute approximate surface area is 102 Å². The molecule has 1 aromatic rings. The molecule has 0 aliphatic carbocycles. The van der Waals surface area contributed by atoms with Crippen molar-refractivity contribution in [1.29, 1.82) is 0 Å². The first-order valence-electron chi connectivity index (χ1n) is 5.53. The highest BCUT2D eigenvalue weighted by Gasteiger charge is 2.10. The molecule has 4 heteroatoms. The third-order valence-corrected chi connectivity index (χ3v) is 2.28. The molecule has 0 unspecified atom stereocenters. The summed E-state index contributed by atoms with van der Waals surface area (Å²) in [5.74, 6) is -0.00128. The maximum absolute atomic E-state index is 10.6. The summed E-state index contributed by atoms with van der Waals surface area (Å²) in [5.41, 5.74) is 2.09. The zero-order valence-corrected chi connectivity index (χ0v) is 10.3. The number of aliphatic carboxylic acids is 1. The highest BCUT2D eigenvalue weighted by molar-refractivity contribution is 5.67. The number of rotatable bonds is 6. The van der Waals surface area contributed by atoms with E-state index in [9.17, 15) is 4.79 Å². The maximum Gasteiger partial charge on any atom is 0.305 e. The van der Waals surface area contributed by atoms with Crippen LogP contribution < -0.4 is 4.90 Å². The van der Waals surface area contributed by atoms with Crippen molar-refractivity contribution in [3.8, 4) is 0 Å². The fourth-order valence-corrected chi connectivity index (χ4v) is 1.52. The van der Waals surface area contributed by atoms with Crippen LogP contribution >= 0.6 is 0 Å². The van der Waals surface area contributed by atoms with E-state index >= 15 is 0 Å². The van der Waals surface area contributed by atoms with E-state index in [1.807, 2.05) is 30.9 Å². The summed E-state index contributed by atoms with van der Waals surface area (Å²) in [4.78, 5) is 16.8. The molecule has 17 heavy (non-hydrogen) atoms. The SMILES string of the molecule is C=C(C)CN(CCC(=O)O)c1cc(C)ccn1. The zero-order valence-electron chi connectivity index (χ0n) is 10.3. The average Bonchev–Trinajstić information content (AvgIpc) is 2.23. The molecule has 92 valence electrons. The topological polar surface area (TPSA) is 53.4 Å². The summed E-state index contributed by atoms with van der Waals surface area (Å²) in [5, 5.41) is 8.73. The molecule has 1 aromatic heterocycles. The Morgan fingerprint density at radius 3 is 2.82 bits per heavy atom. The molecule has 0 saturated heterocycles. The van der Waals surface area contributed by atoms with Crippen LogP contribution in [0.4, 0.5) is 5.82 Å². The van der Waals surface area contributed by atoms with Crippen molar-refractivity contribution >= 4 is 11.8 Å². The number of nitrogens with zero attached hydrogens (tertiary/aromatic N) is 2. The van der Waals surface area contributed by atoms with E-state index < -0.39 is 5.97 Å². The smallest absolute Gasteiger partial charge is 0.305 e. The summed E-state index contributed by atoms with van der Waals surface area (Å²) in [6.07, 6.45) is 1.83. The molecule has 1 N–H and O–H groups in total. The van der Waals surface area contributed by atoms with Gasteiger partial charge in [-0.3, -0.25) is 4.79 Å². The highest BCUT2D eigenvalue weighted by Crippen LogP contribution is 2.14. The number of carboxylic acids is 1. The van der Waals surface area contributed by atoms with E-state index in [2.05, 4.69) is 11.6 Å². The molecule has 1 rings (SSSR count). The molecule has 0 spiro atoms. The fraction of sp³-hybridized carbons (Fsp3) is 0.385. The summed E-state index contributed by atoms with van der Waals surface area (Å²) in [6, 6.07) is 3.87. The number of carbonyl (C=O) groups is 1. The summed E-state index contributed by atoms with van der Waals surface area (Å²) in [6.45, 7) is 8.83. The van der Waals surface area contributed by atoms with E-state index in [-0.39, 0.29) is 6.42 Å². The van der Waals surface area contributed by atoms with Crippen molar-refractivity contribution in [3.05, 3.63) is 36.0 Å². The first-order chi connectivity index (χ1) is 7.99. The molecule has 0 amide bonds. The highest BCUT2D eigenvalue weighted by atomic mass is 16.4. The largest absolute Gasteiger partial charge is 0.481 e. The van der Waals surface area contributed by atoms with Gasteiger partial charge in [0.05, 0.1) is 6.42 Å². The van der Waals surface area contributed by atoms with Crippen LogP contribution in [0.3, 0.4) is 0 Å². The Hall–Kier alpha value is -1.84. The lowest BCUT2D eigenvalue weighted by Gasteiger charge is -2.23. The second-order valence-electron chi connectivity index (χ2n) is 4.21. The molecule has 0 bridgehead atoms. The van der Waals surface area contributed by atoms with Gasteiger partial charge in [0, 0.05) is 19.3 Å². The summed E-state index contributed by atoms with van der Waals surface area (Å²) < 4.78 is 0. The zero-order chi connectivity index (χ0) is 12.8. The van der Waals surface area contributed by atoms with Crippen LogP contribution in [0, 0.1) is 6.92 Å². The Balaban J connectivity index is 2.81. The third kappa shape index (κ3) is 4.68. The van der Waals surface area contributed by atoms with Crippen molar-refractivity contribution < 1.29 is 9.90 Å². The van der Waals surface area contributed by atoms with Gasteiger partial charge in [-0.2, -0.15) is 0 Å². The van der Waals surface area contributed by atoms with Gasteiger partial charge in [0.2, 0.25) is 0 Å². The number of anilines is 1. The second-order valence-corrected chi connectivity index (χ2v) is 4.21. The predicted molar refractivity (Wildman–Crippen MR) is 68.3 cm³/mol. The van der Waals surface area contributed by atoms with E-state index in [1.165, 1.54) is 0 Å². The van der Waals surface area contributed by atoms with Crippen LogP contribution in [0.5, 0.6) is 0 Å². The molecular weight excluding hydrogens is 216 g/mol. The third-order valence-electron chi connectivity index (χ3n) is 2.28. The number of hydrogen-bond donors (Lipinski definition) is 1. The monoisotopic (exact) mass is 234 g/mol. The number of pyridine rings is 1. The molecule has 4 nitrogen and oxygen atoms in total. The predicted octanol–water partition coefficient (Wildman–Crippen LogP) is 2.25. The standard InChI is InChI=1S/C13H18N2O2/c1-10(2)9-15(7-5-13(16)17)12-8-11(3)4-6-14-12/h4,6,8H,1,5,7,9H2,2-3H3,(H,16,17). The van der Waals surface area contributed by atoms with E-state index in [4.69, 9.17) is 5.11 Å². The van der Waals surface area contributed by atoms with Crippen molar-refractivity contribution in [2.45, 2.75) is 20.3 Å². The van der Waals surface area contributed by atoms with Crippen LogP contribution in [0.2, 0.25) is 0 Å². The molecule has 0 atom stereocenters. The minimum atomic E-state index is -0.802. The minimum Gasteiger partial charge on any atom is -0.481 e. The van der Waals surface area contributed by atoms with Gasteiger partial charge in [-0.05, 0) is 31.5 Å². The molecular formula is C13H18N2O2. The van der Waals surface area contributed by atoms with Crippen LogP contribution in [0.15, 0.2) is 30.5 Å². The molecule has 0 saturated carbocycles. The number of hydrogen-bond acceptors (Lipinski definition) is 3. The molecule has 0 fully saturated rings. The molecule has 0 radical (unpaired) electrons. The van der Waals surface area contributed by atoms with Gasteiger partial charge >= 0.3 is 5.97 Å². The minimum absolute atomic E-state index is 0.100. The van der Waals surface area contributed by atoms with Gasteiger partial charge in [0.1, 0.15) is 5.82 Å². The molecule has 1 heterocycles. The Bertz CT molecular complexity index is 416. The van der Waals surface area contributed by atoms with E-state index in [0.29, 0.717) is 13.1 Å². The molecule has 0 aliphatic rings. The van der Waals surface area contributed by atoms with Gasteiger partial charge in [0.25, 0.3) is 0 Å². The first-order valence-corrected chi connectivity index (χ1v) is 5.53. The van der Waals surface area contributed by atoms with Crippen LogP contribution in [0.25, 0.3) is 0 Å². The van der Waals surface area contributed by atoms with Crippen molar-refractivity contribution in [2.24, 2.45) is 0 Å². The number of carboxylic acid groups (broad SMARTS) is 1. The van der Waals surface area contributed by atoms with Crippen LogP contribution in [0.1, 0.15) is 18.9 Å². The molecule has 0 aliphatic heterocycles. The van der Waals surface area contributed by atoms with Gasteiger partial charge in [-0.15, -0.1) is 0 Å². The van der Waals surface area contributed by atoms with Crippen molar-refractivity contribution in [2.75, 3.05) is 18.0 Å². The second kappa shape index (κ2) is 6.03. The number of aryl methyl sites for hydroxylation is 1. The van der Waals surface area contributed by atoms with Gasteiger partial charge in [-0.25, -0.2) is 4.98 Å². The Morgan fingerprint density at radius 1 is 1.59 bits per heavy atom. The lowest BCUT2D eigenvalue weighted by atomic mass is 10.2. The van der Waals surface area contributed by atoms with Gasteiger partial charge in [0.15, 0.2) is 0 Å². The average molecular weight is 234 g/mol. The summed E-state index contributed by atoms with van der Waals surface area (Å²) in [7, 11) is 0. The summed E-state index contributed by atoms with van der Waals surface area (Å²) >= 11 is 0. The maximum atomic E-state index is 10.6. The Kier molecular flexibility index (Phi) is 4.69. The lowest BCUT2D eigenvalue weighted by Crippen LogP contribution is -2.28. The van der Waals surface area contributed by atoms with Crippen molar-refractivity contribution in [3.63, 3.8) is 0 Å².